The van der Waals surface area contributed by atoms with E-state index in [1.54, 1.807) is 12.1 Å². The molecule has 0 radical (unpaired) electrons. The van der Waals surface area contributed by atoms with E-state index in [2.05, 4.69) is 27.7 Å². The van der Waals surface area contributed by atoms with Crippen LogP contribution < -0.4 is 4.74 Å². The van der Waals surface area contributed by atoms with E-state index in [0.717, 1.165) is 9.78 Å². The van der Waals surface area contributed by atoms with Crippen LogP contribution in [0, 0.1) is 3.57 Å². The van der Waals surface area contributed by atoms with Crippen LogP contribution in [0.1, 0.15) is 22.7 Å². The second kappa shape index (κ2) is 6.91. The van der Waals surface area contributed by atoms with E-state index in [0.29, 0.717) is 5.75 Å². The Balaban J connectivity index is 1.70. The Labute approximate surface area is 159 Å². The number of benzene rings is 1. The summed E-state index contributed by atoms with van der Waals surface area (Å²) in [6, 6.07) is 9.80. The molecule has 6 nitrogen and oxygen atoms in total. The van der Waals surface area contributed by atoms with Gasteiger partial charge < -0.3 is 14.3 Å². The van der Waals surface area contributed by atoms with Gasteiger partial charge in [0.25, 0.3) is 5.72 Å². The smallest absolute Gasteiger partial charge is 0.438 e. The molecule has 10 heteroatoms. The van der Waals surface area contributed by atoms with E-state index in [9.17, 15) is 23.1 Å². The number of hydrogen-bond acceptors (Lipinski definition) is 5. The van der Waals surface area contributed by atoms with Gasteiger partial charge in [-0.05, 0) is 59.0 Å². The molecule has 2 heterocycles. The van der Waals surface area contributed by atoms with Gasteiger partial charge in [0.15, 0.2) is 5.76 Å². The number of carbonyl (C=O) groups excluding carboxylic acids is 1. The molecule has 3 rings (SSSR count). The maximum atomic E-state index is 13.0. The number of rotatable bonds is 4. The molecule has 0 spiro atoms. The van der Waals surface area contributed by atoms with Crippen molar-refractivity contribution in [3.05, 3.63) is 51.5 Å². The van der Waals surface area contributed by atoms with Crippen LogP contribution in [-0.2, 0) is 6.61 Å². The van der Waals surface area contributed by atoms with E-state index in [-0.39, 0.29) is 23.1 Å². The van der Waals surface area contributed by atoms with Gasteiger partial charge in [0.2, 0.25) is 0 Å². The lowest BCUT2D eigenvalue weighted by Crippen LogP contribution is -2.56. The summed E-state index contributed by atoms with van der Waals surface area (Å²) in [4.78, 5) is 12.3. The molecule has 1 aliphatic rings. The predicted octanol–water partition coefficient (Wildman–Crippen LogP) is 3.55. The summed E-state index contributed by atoms with van der Waals surface area (Å²) in [6.45, 7) is -0.0132. The minimum absolute atomic E-state index is 0.0132. The van der Waals surface area contributed by atoms with Crippen LogP contribution in [0.15, 0.2) is 45.9 Å². The molecule has 0 saturated carbocycles. The first kappa shape index (κ1) is 18.7. The molecule has 0 unspecified atom stereocenters. The lowest BCUT2D eigenvalue weighted by Gasteiger charge is -2.31. The van der Waals surface area contributed by atoms with Crippen molar-refractivity contribution in [1.82, 2.24) is 5.01 Å². The number of ether oxygens (including phenoxy) is 1. The molecule has 138 valence electrons. The molecule has 0 bridgehead atoms. The van der Waals surface area contributed by atoms with Crippen LogP contribution in [0.5, 0.6) is 5.75 Å². The van der Waals surface area contributed by atoms with Gasteiger partial charge in [0, 0.05) is 16.2 Å². The predicted molar refractivity (Wildman–Crippen MR) is 92.5 cm³/mol. The molecule has 1 aromatic carbocycles. The standard InChI is InChI=1S/C16H12F3IN2O4/c17-16(18,19)15(24)7-8-21-22(15)14(23)13-6-5-12(26-13)9-25-11-3-1-10(20)2-4-11/h1-6,8,24H,7,9H2/t15-/m0/s1. The second-order valence-electron chi connectivity index (χ2n) is 5.44. The van der Waals surface area contributed by atoms with Crippen molar-refractivity contribution < 1.29 is 32.2 Å². The summed E-state index contributed by atoms with van der Waals surface area (Å²) < 4.78 is 50.9. The number of aliphatic hydroxyl groups is 1. The van der Waals surface area contributed by atoms with Crippen molar-refractivity contribution in [2.24, 2.45) is 5.10 Å². The highest BCUT2D eigenvalue weighted by Crippen LogP contribution is 2.39. The van der Waals surface area contributed by atoms with Gasteiger partial charge in [0.05, 0.1) is 0 Å². The molecule has 26 heavy (non-hydrogen) atoms. The molecular formula is C16H12F3IN2O4. The topological polar surface area (TPSA) is 75.3 Å². The SMILES string of the molecule is O=C(c1ccc(COc2ccc(I)cc2)o1)N1N=CC[C@]1(O)C(F)(F)F. The van der Waals surface area contributed by atoms with Gasteiger partial charge in [-0.15, -0.1) is 0 Å². The average Bonchev–Trinajstić information content (AvgIpc) is 3.21. The van der Waals surface area contributed by atoms with Gasteiger partial charge in [-0.3, -0.25) is 4.79 Å². The molecule has 1 aromatic heterocycles. The minimum Gasteiger partial charge on any atom is -0.486 e. The van der Waals surface area contributed by atoms with E-state index in [4.69, 9.17) is 9.15 Å². The van der Waals surface area contributed by atoms with Crippen LogP contribution in [0.2, 0.25) is 0 Å². The summed E-state index contributed by atoms with van der Waals surface area (Å²) in [5.74, 6) is -0.761. The Morgan fingerprint density at radius 3 is 2.65 bits per heavy atom. The molecule has 1 N–H and O–H groups in total. The Bertz CT molecular complexity index is 835. The fraction of sp³-hybridized carbons (Fsp3) is 0.250. The number of amides is 1. The van der Waals surface area contributed by atoms with Crippen LogP contribution >= 0.6 is 22.6 Å². The van der Waals surface area contributed by atoms with Crippen molar-refractivity contribution in [2.75, 3.05) is 0 Å². The number of nitrogens with zero attached hydrogens (tertiary/aromatic N) is 2. The number of carbonyl (C=O) groups is 1. The largest absolute Gasteiger partial charge is 0.486 e. The molecule has 2 aromatic rings. The highest BCUT2D eigenvalue weighted by molar-refractivity contribution is 14.1. The first-order chi connectivity index (χ1) is 12.2. The van der Waals surface area contributed by atoms with Gasteiger partial charge in [-0.25, -0.2) is 0 Å². The third-order valence-electron chi connectivity index (χ3n) is 3.64. The summed E-state index contributed by atoms with van der Waals surface area (Å²) >= 11 is 2.15. The maximum absolute atomic E-state index is 13.0. The molecule has 0 aliphatic carbocycles. The molecule has 1 aliphatic heterocycles. The third-order valence-corrected chi connectivity index (χ3v) is 4.36. The minimum atomic E-state index is -5.05. The number of alkyl halides is 3. The highest BCUT2D eigenvalue weighted by Gasteiger charge is 2.61. The van der Waals surface area contributed by atoms with Crippen molar-refractivity contribution in [3.63, 3.8) is 0 Å². The quantitative estimate of drug-likeness (QED) is 0.680. The second-order valence-corrected chi connectivity index (χ2v) is 6.69. The lowest BCUT2D eigenvalue weighted by atomic mass is 10.1. The van der Waals surface area contributed by atoms with E-state index in [1.807, 2.05) is 12.1 Å². The van der Waals surface area contributed by atoms with Crippen LogP contribution in [0.4, 0.5) is 13.2 Å². The monoisotopic (exact) mass is 480 g/mol. The van der Waals surface area contributed by atoms with Crippen LogP contribution in [-0.4, -0.2) is 34.1 Å². The molecule has 0 saturated heterocycles. The van der Waals surface area contributed by atoms with E-state index < -0.39 is 24.2 Å². The Hall–Kier alpha value is -2.08. The van der Waals surface area contributed by atoms with Crippen molar-refractivity contribution in [1.29, 1.82) is 0 Å². The van der Waals surface area contributed by atoms with Gasteiger partial charge >= 0.3 is 12.1 Å². The lowest BCUT2D eigenvalue weighted by molar-refractivity contribution is -0.297. The zero-order valence-corrected chi connectivity index (χ0v) is 15.2. The van der Waals surface area contributed by atoms with Crippen molar-refractivity contribution in [2.45, 2.75) is 24.9 Å². The zero-order chi connectivity index (χ0) is 18.9. The summed E-state index contributed by atoms with van der Waals surface area (Å²) in [5.41, 5.74) is -3.38. The number of hydrogen-bond donors (Lipinski definition) is 1. The fourth-order valence-corrected chi connectivity index (χ4v) is 2.61. The maximum Gasteiger partial charge on any atom is 0.438 e. The Morgan fingerprint density at radius 1 is 1.31 bits per heavy atom. The number of furan rings is 1. The fourth-order valence-electron chi connectivity index (χ4n) is 2.25. The Morgan fingerprint density at radius 2 is 2.00 bits per heavy atom. The van der Waals surface area contributed by atoms with Gasteiger partial charge in [-0.2, -0.15) is 23.3 Å². The van der Waals surface area contributed by atoms with Gasteiger partial charge in [0.1, 0.15) is 18.1 Å². The molecular weight excluding hydrogens is 468 g/mol. The third kappa shape index (κ3) is 3.56. The zero-order valence-electron chi connectivity index (χ0n) is 13.0. The van der Waals surface area contributed by atoms with Crippen molar-refractivity contribution in [3.8, 4) is 5.75 Å². The molecule has 1 atom stereocenters. The van der Waals surface area contributed by atoms with Gasteiger partial charge in [-0.1, -0.05) is 0 Å². The number of hydrazone groups is 1. The number of halogens is 4. The van der Waals surface area contributed by atoms with Crippen molar-refractivity contribution >= 4 is 34.7 Å². The summed E-state index contributed by atoms with van der Waals surface area (Å²) in [6.07, 6.45) is -5.07. The van der Waals surface area contributed by atoms with Crippen LogP contribution in [0.25, 0.3) is 0 Å². The molecule has 0 fully saturated rings. The van der Waals surface area contributed by atoms with E-state index >= 15 is 0 Å². The highest BCUT2D eigenvalue weighted by atomic mass is 127. The average molecular weight is 480 g/mol. The molecule has 1 amide bonds. The first-order valence-electron chi connectivity index (χ1n) is 7.34. The van der Waals surface area contributed by atoms with Crippen LogP contribution in [0.3, 0.4) is 0 Å². The normalized spacial score (nSPS) is 19.8. The van der Waals surface area contributed by atoms with E-state index in [1.165, 1.54) is 12.1 Å². The summed E-state index contributed by atoms with van der Waals surface area (Å²) in [7, 11) is 0. The Kier molecular flexibility index (Phi) is 4.97. The summed E-state index contributed by atoms with van der Waals surface area (Å²) in [5, 5.41) is 13.1. The first-order valence-corrected chi connectivity index (χ1v) is 8.42.